The Morgan fingerprint density at radius 2 is 1.80 bits per heavy atom. The molecule has 0 radical (unpaired) electrons. The average molecular weight is 379 g/mol. The number of carbonyl (C=O) groups excluding carboxylic acids is 1. The van der Waals surface area contributed by atoms with Crippen LogP contribution in [0.25, 0.3) is 0 Å². The number of rotatable bonds is 3. The molecule has 6 N–H and O–H groups in total. The van der Waals surface area contributed by atoms with Crippen LogP contribution in [-0.2, 0) is 4.79 Å². The van der Waals surface area contributed by atoms with Crippen LogP contribution < -0.4 is 35.9 Å². The van der Waals surface area contributed by atoms with Crippen molar-refractivity contribution in [1.82, 2.24) is 5.32 Å². The Morgan fingerprint density at radius 1 is 1.30 bits per heavy atom. The van der Waals surface area contributed by atoms with Gasteiger partial charge in [-0.15, -0.1) is 0 Å². The summed E-state index contributed by atoms with van der Waals surface area (Å²) in [5, 5.41) is 26.9. The van der Waals surface area contributed by atoms with E-state index in [0.717, 1.165) is 25.8 Å². The molecule has 1 atom stereocenters. The molecule has 10 heteroatoms. The van der Waals surface area contributed by atoms with Crippen molar-refractivity contribution in [3.8, 4) is 0 Å². The molecule has 1 heterocycles. The fourth-order valence-electron chi connectivity index (χ4n) is 0.784. The molecule has 1 aliphatic heterocycles. The van der Waals surface area contributed by atoms with Gasteiger partial charge in [0.05, 0.1) is 19.3 Å². The number of piperidine rings is 1. The number of thiol groups is 1. The summed E-state index contributed by atoms with van der Waals surface area (Å²) in [6.07, 6.45) is 2.32. The summed E-state index contributed by atoms with van der Waals surface area (Å²) in [4.78, 5) is 10.4. The van der Waals surface area contributed by atoms with Crippen molar-refractivity contribution in [2.45, 2.75) is 25.4 Å². The SMILES string of the molecule is NCCO.O=C1CCCCN1.OCC(O)CS.[Ca+2].[Cl-].[Cl-]. The molecule has 1 rings (SSSR count). The third-order valence-electron chi connectivity index (χ3n) is 1.70. The monoisotopic (exact) mass is 378 g/mol. The first-order valence-electron chi connectivity index (χ1n) is 5.59. The molecule has 1 saturated heterocycles. The molecule has 1 aliphatic rings. The third kappa shape index (κ3) is 31.7. The molecule has 1 amide bonds. The van der Waals surface area contributed by atoms with Gasteiger partial charge < -0.3 is 51.2 Å². The van der Waals surface area contributed by atoms with Crippen LogP contribution in [0, 0.1) is 0 Å². The zero-order chi connectivity index (χ0) is 13.5. The van der Waals surface area contributed by atoms with Gasteiger partial charge in [0, 0.05) is 25.3 Å². The van der Waals surface area contributed by atoms with Crippen LogP contribution in [0.2, 0.25) is 0 Å². The molecule has 0 aromatic rings. The Labute approximate surface area is 168 Å². The summed E-state index contributed by atoms with van der Waals surface area (Å²) < 4.78 is 0. The van der Waals surface area contributed by atoms with Crippen molar-refractivity contribution < 1.29 is 44.9 Å². The topological polar surface area (TPSA) is 116 Å². The number of nitrogens with two attached hydrogens (primary N) is 1. The molecule has 0 spiro atoms. The van der Waals surface area contributed by atoms with Crippen LogP contribution in [-0.4, -0.2) is 97.1 Å². The number of aliphatic hydroxyl groups excluding tert-OH is 3. The molecule has 0 aliphatic carbocycles. The minimum Gasteiger partial charge on any atom is -1.00 e. The number of hydrogen-bond acceptors (Lipinski definition) is 6. The Balaban J connectivity index is -0.0000000542. The van der Waals surface area contributed by atoms with Gasteiger partial charge in [0.25, 0.3) is 0 Å². The first-order valence-corrected chi connectivity index (χ1v) is 6.23. The second-order valence-electron chi connectivity index (χ2n) is 3.34. The minimum absolute atomic E-state index is 0. The minimum atomic E-state index is -0.645. The predicted octanol–water partition coefficient (Wildman–Crippen LogP) is -7.88. The number of aliphatic hydroxyl groups is 3. The van der Waals surface area contributed by atoms with Gasteiger partial charge in [-0.3, -0.25) is 4.79 Å². The largest absolute Gasteiger partial charge is 2.00 e. The van der Waals surface area contributed by atoms with Crippen LogP contribution in [0.3, 0.4) is 0 Å². The molecule has 1 fully saturated rings. The fourth-order valence-corrected chi connectivity index (χ4v) is 0.900. The van der Waals surface area contributed by atoms with Gasteiger partial charge in [0.2, 0.25) is 5.91 Å². The second kappa shape index (κ2) is 28.6. The maximum Gasteiger partial charge on any atom is 2.00 e. The summed E-state index contributed by atoms with van der Waals surface area (Å²) in [5.74, 6) is 0.544. The summed E-state index contributed by atoms with van der Waals surface area (Å²) in [5.41, 5.74) is 4.78. The van der Waals surface area contributed by atoms with Gasteiger partial charge in [0.15, 0.2) is 0 Å². The Bertz CT molecular complexity index is 173. The van der Waals surface area contributed by atoms with Crippen molar-refractivity contribution in [2.24, 2.45) is 5.73 Å². The van der Waals surface area contributed by atoms with Crippen LogP contribution >= 0.6 is 12.6 Å². The number of amides is 1. The molecule has 20 heavy (non-hydrogen) atoms. The predicted molar refractivity (Wildman–Crippen MR) is 75.7 cm³/mol. The van der Waals surface area contributed by atoms with Gasteiger partial charge >= 0.3 is 37.7 Å². The first kappa shape index (κ1) is 33.2. The van der Waals surface area contributed by atoms with Crippen LogP contribution in [0.5, 0.6) is 0 Å². The maximum absolute atomic E-state index is 10.4. The Hall–Kier alpha value is 1.50. The van der Waals surface area contributed by atoms with Crippen LogP contribution in [0.1, 0.15) is 19.3 Å². The summed E-state index contributed by atoms with van der Waals surface area (Å²) in [6, 6.07) is 0. The maximum atomic E-state index is 10.4. The van der Waals surface area contributed by atoms with E-state index in [0.29, 0.717) is 12.3 Å². The van der Waals surface area contributed by atoms with Crippen molar-refractivity contribution in [3.05, 3.63) is 0 Å². The number of halogens is 2. The van der Waals surface area contributed by atoms with E-state index in [9.17, 15) is 4.79 Å². The van der Waals surface area contributed by atoms with E-state index in [1.165, 1.54) is 0 Å². The summed E-state index contributed by atoms with van der Waals surface area (Å²) in [6.45, 7) is 1.17. The summed E-state index contributed by atoms with van der Waals surface area (Å²) >= 11 is 3.69. The van der Waals surface area contributed by atoms with E-state index in [4.69, 9.17) is 21.1 Å². The summed E-state index contributed by atoms with van der Waals surface area (Å²) in [7, 11) is 0. The van der Waals surface area contributed by atoms with Crippen molar-refractivity contribution in [1.29, 1.82) is 0 Å². The third-order valence-corrected chi connectivity index (χ3v) is 2.12. The molecule has 0 saturated carbocycles. The van der Waals surface area contributed by atoms with Crippen molar-refractivity contribution in [2.75, 3.05) is 32.1 Å². The molecular formula is C10H24CaCl2N2O4S. The van der Waals surface area contributed by atoms with E-state index >= 15 is 0 Å². The molecule has 120 valence electrons. The normalized spacial score (nSPS) is 13.3. The Morgan fingerprint density at radius 3 is 1.90 bits per heavy atom. The Kier molecular flexibility index (Phi) is 47.5. The van der Waals surface area contributed by atoms with E-state index in [2.05, 4.69) is 17.9 Å². The fraction of sp³-hybridized carbons (Fsp3) is 0.900. The zero-order valence-corrected chi connectivity index (χ0v) is 16.1. The van der Waals surface area contributed by atoms with Gasteiger partial charge in [-0.05, 0) is 12.8 Å². The first-order chi connectivity index (χ1) is 8.12. The smallest absolute Gasteiger partial charge is 1.00 e. The van der Waals surface area contributed by atoms with Crippen LogP contribution in [0.15, 0.2) is 0 Å². The number of carbonyl (C=O) groups is 1. The molecule has 0 aromatic heterocycles. The molecular weight excluding hydrogens is 355 g/mol. The van der Waals surface area contributed by atoms with Gasteiger partial charge in [0.1, 0.15) is 0 Å². The van der Waals surface area contributed by atoms with Gasteiger partial charge in [-0.1, -0.05) is 0 Å². The second-order valence-corrected chi connectivity index (χ2v) is 3.70. The van der Waals surface area contributed by atoms with Crippen molar-refractivity contribution in [3.63, 3.8) is 0 Å². The van der Waals surface area contributed by atoms with E-state index in [1.807, 2.05) is 0 Å². The zero-order valence-electron chi connectivity index (χ0n) is 11.5. The quantitative estimate of drug-likeness (QED) is 0.215. The van der Waals surface area contributed by atoms with Crippen molar-refractivity contribution >= 4 is 56.3 Å². The standard InChI is InChI=1S/C5H9NO.C3H8O2S.C2H7NO.Ca.2ClH/c7-5-3-1-2-4-6-5;4-1-3(5)2-6;3-1-2-4;;;/h1-4H2,(H,6,7);3-6H,1-2H2;4H,1-3H2;;2*1H/q;;;+2;;/p-2. The molecule has 0 bridgehead atoms. The van der Waals surface area contributed by atoms with E-state index in [-0.39, 0.29) is 81.7 Å². The molecule has 0 aromatic carbocycles. The number of hydrogen-bond donors (Lipinski definition) is 6. The average Bonchev–Trinajstić information content (AvgIpc) is 2.39. The molecule has 1 unspecified atom stereocenters. The van der Waals surface area contributed by atoms with E-state index < -0.39 is 6.10 Å². The van der Waals surface area contributed by atoms with E-state index in [1.54, 1.807) is 0 Å². The molecule has 6 nitrogen and oxygen atoms in total. The number of nitrogens with one attached hydrogen (secondary N) is 1. The van der Waals surface area contributed by atoms with Gasteiger partial charge in [-0.2, -0.15) is 12.6 Å². The van der Waals surface area contributed by atoms with Gasteiger partial charge in [-0.25, -0.2) is 0 Å². The van der Waals surface area contributed by atoms with Crippen LogP contribution in [0.4, 0.5) is 0 Å².